The van der Waals surface area contributed by atoms with Crippen molar-refractivity contribution >= 4 is 11.6 Å². The molecule has 22 heavy (non-hydrogen) atoms. The summed E-state index contributed by atoms with van der Waals surface area (Å²) < 4.78 is 5.57. The molecule has 2 aromatic rings. The minimum Gasteiger partial charge on any atom is -0.489 e. The van der Waals surface area contributed by atoms with Gasteiger partial charge in [-0.15, -0.1) is 0 Å². The Morgan fingerprint density at radius 2 is 1.95 bits per heavy atom. The van der Waals surface area contributed by atoms with Gasteiger partial charge in [0, 0.05) is 11.3 Å². The molecular weight excluding hydrogens is 274 g/mol. The molecule has 0 bridgehead atoms. The smallest absolute Gasteiger partial charge is 0.255 e. The molecule has 0 unspecified atom stereocenters. The number of rotatable bonds is 5. The first-order chi connectivity index (χ1) is 10.5. The molecule has 0 aliphatic rings. The summed E-state index contributed by atoms with van der Waals surface area (Å²) in [6, 6.07) is 13.1. The summed E-state index contributed by atoms with van der Waals surface area (Å²) in [6.07, 6.45) is 0. The zero-order valence-electron chi connectivity index (χ0n) is 13.3. The van der Waals surface area contributed by atoms with Gasteiger partial charge in [0.25, 0.3) is 5.91 Å². The second kappa shape index (κ2) is 6.94. The van der Waals surface area contributed by atoms with E-state index in [0.29, 0.717) is 17.9 Å². The van der Waals surface area contributed by atoms with Crippen LogP contribution in [0, 0.1) is 13.8 Å². The van der Waals surface area contributed by atoms with Crippen LogP contribution in [0.2, 0.25) is 0 Å². The zero-order valence-corrected chi connectivity index (χ0v) is 13.3. The van der Waals surface area contributed by atoms with E-state index in [2.05, 4.69) is 11.9 Å². The summed E-state index contributed by atoms with van der Waals surface area (Å²) in [4.78, 5) is 12.4. The number of ether oxygens (including phenoxy) is 1. The number of hydrogen-bond acceptors (Lipinski definition) is 2. The lowest BCUT2D eigenvalue weighted by Crippen LogP contribution is -2.13. The van der Waals surface area contributed by atoms with Crippen molar-refractivity contribution in [3.8, 4) is 5.75 Å². The van der Waals surface area contributed by atoms with Crippen molar-refractivity contribution in [2.45, 2.75) is 20.8 Å². The fourth-order valence-corrected chi connectivity index (χ4v) is 2.00. The van der Waals surface area contributed by atoms with Gasteiger partial charge in [0.2, 0.25) is 0 Å². The van der Waals surface area contributed by atoms with E-state index < -0.39 is 0 Å². The highest BCUT2D eigenvalue weighted by molar-refractivity contribution is 6.04. The van der Waals surface area contributed by atoms with Crippen LogP contribution in [0.3, 0.4) is 0 Å². The Kier molecular flexibility index (Phi) is 4.99. The molecule has 0 aliphatic heterocycles. The highest BCUT2D eigenvalue weighted by atomic mass is 16.5. The molecule has 1 N–H and O–H groups in total. The Bertz CT molecular complexity index is 704. The first kappa shape index (κ1) is 15.8. The van der Waals surface area contributed by atoms with Gasteiger partial charge in [0.1, 0.15) is 12.4 Å². The fraction of sp³-hybridized carbons (Fsp3) is 0.211. The molecule has 0 spiro atoms. The van der Waals surface area contributed by atoms with Crippen LogP contribution in [-0.4, -0.2) is 12.5 Å². The molecule has 0 aromatic heterocycles. The van der Waals surface area contributed by atoms with Gasteiger partial charge in [0.15, 0.2) is 0 Å². The first-order valence-electron chi connectivity index (χ1n) is 7.21. The topological polar surface area (TPSA) is 38.3 Å². The van der Waals surface area contributed by atoms with Crippen LogP contribution in [0.15, 0.2) is 54.6 Å². The van der Waals surface area contributed by atoms with Crippen molar-refractivity contribution in [3.05, 3.63) is 71.3 Å². The van der Waals surface area contributed by atoms with Crippen molar-refractivity contribution in [1.82, 2.24) is 0 Å². The van der Waals surface area contributed by atoms with Crippen LogP contribution in [0.25, 0.3) is 0 Å². The maximum absolute atomic E-state index is 12.4. The molecule has 2 aromatic carbocycles. The maximum Gasteiger partial charge on any atom is 0.255 e. The fourth-order valence-electron chi connectivity index (χ4n) is 2.00. The Labute approximate surface area is 131 Å². The van der Waals surface area contributed by atoms with Crippen LogP contribution in [-0.2, 0) is 0 Å². The van der Waals surface area contributed by atoms with Crippen LogP contribution < -0.4 is 10.1 Å². The number of amides is 1. The molecule has 0 radical (unpaired) electrons. The van der Waals surface area contributed by atoms with Gasteiger partial charge in [0.05, 0.1) is 0 Å². The standard InChI is InChI=1S/C19H21NO2/c1-13(2)12-22-17-7-5-6-16(11-17)19(21)20-18-10-14(3)8-9-15(18)4/h5-11H,1,12H2,2-4H3,(H,20,21). The molecule has 3 nitrogen and oxygen atoms in total. The molecule has 0 saturated heterocycles. The lowest BCUT2D eigenvalue weighted by Gasteiger charge is -2.11. The van der Waals surface area contributed by atoms with Crippen molar-refractivity contribution in [2.24, 2.45) is 0 Å². The molecule has 0 atom stereocenters. The summed E-state index contributed by atoms with van der Waals surface area (Å²) in [5.74, 6) is 0.520. The van der Waals surface area contributed by atoms with E-state index in [-0.39, 0.29) is 5.91 Å². The van der Waals surface area contributed by atoms with Crippen LogP contribution in [0.5, 0.6) is 5.75 Å². The van der Waals surface area contributed by atoms with Gasteiger partial charge in [-0.3, -0.25) is 4.79 Å². The summed E-state index contributed by atoms with van der Waals surface area (Å²) in [7, 11) is 0. The van der Waals surface area contributed by atoms with Crippen molar-refractivity contribution in [1.29, 1.82) is 0 Å². The van der Waals surface area contributed by atoms with Gasteiger partial charge in [-0.05, 0) is 61.7 Å². The average molecular weight is 295 g/mol. The minimum atomic E-state index is -0.144. The van der Waals surface area contributed by atoms with Gasteiger partial charge in [-0.1, -0.05) is 24.8 Å². The number of benzene rings is 2. The maximum atomic E-state index is 12.4. The van der Waals surface area contributed by atoms with Gasteiger partial charge in [-0.2, -0.15) is 0 Å². The first-order valence-corrected chi connectivity index (χ1v) is 7.21. The van der Waals surface area contributed by atoms with Crippen LogP contribution in [0.4, 0.5) is 5.69 Å². The molecule has 0 heterocycles. The minimum absolute atomic E-state index is 0.144. The largest absolute Gasteiger partial charge is 0.489 e. The predicted octanol–water partition coefficient (Wildman–Crippen LogP) is 4.51. The van der Waals surface area contributed by atoms with Crippen LogP contribution >= 0.6 is 0 Å². The second-order valence-electron chi connectivity index (χ2n) is 5.55. The van der Waals surface area contributed by atoms with E-state index in [1.807, 2.05) is 51.1 Å². The molecule has 3 heteroatoms. The highest BCUT2D eigenvalue weighted by Crippen LogP contribution is 2.19. The SMILES string of the molecule is C=C(C)COc1cccc(C(=O)Nc2cc(C)ccc2C)c1. The number of carbonyl (C=O) groups is 1. The lowest BCUT2D eigenvalue weighted by atomic mass is 10.1. The monoisotopic (exact) mass is 295 g/mol. The van der Waals surface area contributed by atoms with E-state index >= 15 is 0 Å². The molecular formula is C19H21NO2. The summed E-state index contributed by atoms with van der Waals surface area (Å²) in [5.41, 5.74) is 4.48. The Morgan fingerprint density at radius 1 is 1.18 bits per heavy atom. The summed E-state index contributed by atoms with van der Waals surface area (Å²) in [6.45, 7) is 10.1. The predicted molar refractivity (Wildman–Crippen MR) is 90.6 cm³/mol. The normalized spacial score (nSPS) is 10.1. The Morgan fingerprint density at radius 3 is 2.68 bits per heavy atom. The molecule has 2 rings (SSSR count). The molecule has 114 valence electrons. The van der Waals surface area contributed by atoms with E-state index in [0.717, 1.165) is 22.4 Å². The lowest BCUT2D eigenvalue weighted by molar-refractivity contribution is 0.102. The number of nitrogens with one attached hydrogen (secondary N) is 1. The Balaban J connectivity index is 2.14. The van der Waals surface area contributed by atoms with Gasteiger partial charge < -0.3 is 10.1 Å². The third-order valence-corrected chi connectivity index (χ3v) is 3.22. The van der Waals surface area contributed by atoms with E-state index in [1.54, 1.807) is 12.1 Å². The summed E-state index contributed by atoms with van der Waals surface area (Å²) >= 11 is 0. The molecule has 1 amide bonds. The van der Waals surface area contributed by atoms with E-state index in [9.17, 15) is 4.79 Å². The third kappa shape index (κ3) is 4.22. The van der Waals surface area contributed by atoms with Gasteiger partial charge >= 0.3 is 0 Å². The van der Waals surface area contributed by atoms with E-state index in [1.165, 1.54) is 0 Å². The molecule has 0 aliphatic carbocycles. The highest BCUT2D eigenvalue weighted by Gasteiger charge is 2.09. The number of aryl methyl sites for hydroxylation is 2. The quantitative estimate of drug-likeness (QED) is 0.824. The van der Waals surface area contributed by atoms with Crippen molar-refractivity contribution in [3.63, 3.8) is 0 Å². The summed E-state index contributed by atoms with van der Waals surface area (Å²) in [5, 5.41) is 2.95. The van der Waals surface area contributed by atoms with Crippen LogP contribution in [0.1, 0.15) is 28.4 Å². The van der Waals surface area contributed by atoms with Crippen molar-refractivity contribution < 1.29 is 9.53 Å². The number of anilines is 1. The number of hydrogen-bond donors (Lipinski definition) is 1. The molecule has 0 saturated carbocycles. The zero-order chi connectivity index (χ0) is 16.1. The molecule has 0 fully saturated rings. The number of carbonyl (C=O) groups excluding carboxylic acids is 1. The third-order valence-electron chi connectivity index (χ3n) is 3.22. The Hall–Kier alpha value is -2.55. The van der Waals surface area contributed by atoms with Gasteiger partial charge in [-0.25, -0.2) is 0 Å². The van der Waals surface area contributed by atoms with E-state index in [4.69, 9.17) is 4.74 Å². The van der Waals surface area contributed by atoms with Crippen molar-refractivity contribution in [2.75, 3.05) is 11.9 Å². The average Bonchev–Trinajstić information content (AvgIpc) is 2.49. The second-order valence-corrected chi connectivity index (χ2v) is 5.55.